The number of anilines is 3. The minimum atomic E-state index is -0.353. The van der Waals surface area contributed by atoms with Gasteiger partial charge in [-0.1, -0.05) is 0 Å². The number of likely N-dealkylation sites (N-methyl/N-ethyl adjacent to an activating group) is 1. The molecule has 1 aromatic carbocycles. The minimum absolute atomic E-state index is 0.292. The van der Waals surface area contributed by atoms with Gasteiger partial charge in [-0.15, -0.1) is 5.10 Å². The Morgan fingerprint density at radius 1 is 1.00 bits per heavy atom. The molecule has 3 N–H and O–H groups in total. The van der Waals surface area contributed by atoms with Crippen molar-refractivity contribution in [3.8, 4) is 11.1 Å². The first-order valence-corrected chi connectivity index (χ1v) is 10.2. The van der Waals surface area contributed by atoms with E-state index >= 15 is 0 Å². The Hall–Kier alpha value is -3.59. The zero-order valence-corrected chi connectivity index (χ0v) is 17.4. The predicted molar refractivity (Wildman–Crippen MR) is 119 cm³/mol. The quantitative estimate of drug-likeness (QED) is 0.527. The van der Waals surface area contributed by atoms with Crippen LogP contribution in [0.5, 0.6) is 0 Å². The lowest BCUT2D eigenvalue weighted by atomic mass is 9.99. The van der Waals surface area contributed by atoms with Crippen molar-refractivity contribution >= 4 is 28.2 Å². The summed E-state index contributed by atoms with van der Waals surface area (Å²) in [4.78, 5) is 6.74. The normalized spacial score (nSPS) is 14.4. The third kappa shape index (κ3) is 3.68. The number of fused-ring (bicyclic) bond motifs is 2. The van der Waals surface area contributed by atoms with Crippen LogP contribution in [0.2, 0.25) is 0 Å². The average molecular weight is 418 g/mol. The van der Waals surface area contributed by atoms with Crippen LogP contribution in [0.15, 0.2) is 36.7 Å². The van der Waals surface area contributed by atoms with Crippen LogP contribution in [0.3, 0.4) is 0 Å². The zero-order valence-electron chi connectivity index (χ0n) is 17.4. The van der Waals surface area contributed by atoms with Gasteiger partial charge >= 0.3 is 0 Å². The van der Waals surface area contributed by atoms with E-state index in [0.29, 0.717) is 33.7 Å². The summed E-state index contributed by atoms with van der Waals surface area (Å²) in [5.74, 6) is 1.35. The van der Waals surface area contributed by atoms with Crippen molar-refractivity contribution in [1.29, 1.82) is 0 Å². The van der Waals surface area contributed by atoms with Gasteiger partial charge in [-0.2, -0.15) is 10.2 Å². The molecule has 5 rings (SSSR count). The summed E-state index contributed by atoms with van der Waals surface area (Å²) in [6.07, 6.45) is 4.15. The molecule has 9 heteroatoms. The van der Waals surface area contributed by atoms with E-state index in [9.17, 15) is 4.39 Å². The van der Waals surface area contributed by atoms with Crippen molar-refractivity contribution in [2.75, 3.05) is 31.2 Å². The second-order valence-corrected chi connectivity index (χ2v) is 7.94. The third-order valence-electron chi connectivity index (χ3n) is 5.80. The van der Waals surface area contributed by atoms with Crippen molar-refractivity contribution in [1.82, 2.24) is 29.9 Å². The van der Waals surface area contributed by atoms with Crippen LogP contribution < -0.4 is 11.1 Å². The van der Waals surface area contributed by atoms with Crippen molar-refractivity contribution in [3.63, 3.8) is 0 Å². The van der Waals surface area contributed by atoms with Gasteiger partial charge in [-0.05, 0) is 37.6 Å². The van der Waals surface area contributed by atoms with Crippen LogP contribution in [-0.2, 0) is 13.0 Å². The molecular weight excluding hydrogens is 395 g/mol. The van der Waals surface area contributed by atoms with Crippen molar-refractivity contribution in [3.05, 3.63) is 53.7 Å². The number of rotatable bonds is 3. The van der Waals surface area contributed by atoms with Gasteiger partial charge in [0.05, 0.1) is 12.7 Å². The first kappa shape index (κ1) is 19.4. The Labute approximate surface area is 178 Å². The maximum absolute atomic E-state index is 14.8. The molecule has 0 saturated carbocycles. The van der Waals surface area contributed by atoms with Gasteiger partial charge in [0, 0.05) is 59.5 Å². The van der Waals surface area contributed by atoms with E-state index in [1.807, 2.05) is 17.7 Å². The molecule has 3 aromatic heterocycles. The summed E-state index contributed by atoms with van der Waals surface area (Å²) in [5, 5.41) is 17.2. The summed E-state index contributed by atoms with van der Waals surface area (Å²) in [7, 11) is 2.12. The van der Waals surface area contributed by atoms with E-state index in [1.165, 1.54) is 18.0 Å². The van der Waals surface area contributed by atoms with Gasteiger partial charge in [0.2, 0.25) is 0 Å². The molecular formula is C22H23FN8. The summed E-state index contributed by atoms with van der Waals surface area (Å²) < 4.78 is 16.9. The number of halogens is 1. The molecule has 0 fully saturated rings. The van der Waals surface area contributed by atoms with Crippen LogP contribution in [0.4, 0.5) is 21.8 Å². The molecule has 158 valence electrons. The molecule has 0 spiro atoms. The maximum Gasteiger partial charge on any atom is 0.153 e. The first-order chi connectivity index (χ1) is 15.0. The molecule has 1 aliphatic rings. The minimum Gasteiger partial charge on any atom is -0.382 e. The Morgan fingerprint density at radius 3 is 2.74 bits per heavy atom. The van der Waals surface area contributed by atoms with E-state index in [2.05, 4.69) is 43.6 Å². The fourth-order valence-electron chi connectivity index (χ4n) is 3.90. The highest BCUT2D eigenvalue weighted by molar-refractivity contribution is 5.89. The van der Waals surface area contributed by atoms with Gasteiger partial charge in [-0.25, -0.2) is 9.37 Å². The van der Waals surface area contributed by atoms with E-state index in [0.717, 1.165) is 37.3 Å². The average Bonchev–Trinajstić information content (AvgIpc) is 3.05. The number of nitrogen functional groups attached to an aromatic ring is 1. The Kier molecular flexibility index (Phi) is 4.74. The van der Waals surface area contributed by atoms with Gasteiger partial charge in [0.1, 0.15) is 17.5 Å². The molecule has 0 bridgehead atoms. The summed E-state index contributed by atoms with van der Waals surface area (Å²) in [6, 6.07) is 7.23. The SMILES string of the molecule is Cc1c(-c2cc3cc(Nc4cc5n(n4)CCN(C)CC5)ncc3cc2F)cnnc1N. The molecule has 0 amide bonds. The zero-order chi connectivity index (χ0) is 21.5. The number of nitrogens with zero attached hydrogens (tertiary/aromatic N) is 6. The molecule has 0 saturated heterocycles. The monoisotopic (exact) mass is 418 g/mol. The highest BCUT2D eigenvalue weighted by Crippen LogP contribution is 2.31. The molecule has 4 heterocycles. The molecule has 0 radical (unpaired) electrons. The van der Waals surface area contributed by atoms with Crippen LogP contribution in [0.25, 0.3) is 21.9 Å². The Morgan fingerprint density at radius 2 is 1.87 bits per heavy atom. The molecule has 0 aliphatic carbocycles. The van der Waals surface area contributed by atoms with E-state index in [1.54, 1.807) is 12.3 Å². The van der Waals surface area contributed by atoms with Crippen molar-refractivity contribution in [2.24, 2.45) is 0 Å². The van der Waals surface area contributed by atoms with E-state index < -0.39 is 0 Å². The smallest absolute Gasteiger partial charge is 0.153 e. The summed E-state index contributed by atoms with van der Waals surface area (Å²) in [5.41, 5.74) is 8.82. The van der Waals surface area contributed by atoms with Crippen LogP contribution >= 0.6 is 0 Å². The second kappa shape index (κ2) is 7.59. The number of pyridine rings is 1. The van der Waals surface area contributed by atoms with Crippen LogP contribution in [-0.4, -0.2) is 50.0 Å². The summed E-state index contributed by atoms with van der Waals surface area (Å²) >= 11 is 0. The molecule has 31 heavy (non-hydrogen) atoms. The number of hydrogen-bond donors (Lipinski definition) is 2. The first-order valence-electron chi connectivity index (χ1n) is 10.2. The second-order valence-electron chi connectivity index (χ2n) is 7.94. The summed E-state index contributed by atoms with van der Waals surface area (Å²) in [6.45, 7) is 4.67. The van der Waals surface area contributed by atoms with Crippen LogP contribution in [0.1, 0.15) is 11.3 Å². The molecule has 0 atom stereocenters. The Bertz CT molecular complexity index is 1260. The molecule has 4 aromatic rings. The molecule has 0 unspecified atom stereocenters. The fraction of sp³-hybridized carbons (Fsp3) is 0.273. The lowest BCUT2D eigenvalue weighted by Gasteiger charge is -2.11. The van der Waals surface area contributed by atoms with Gasteiger partial charge in [0.15, 0.2) is 5.82 Å². The number of nitrogens with two attached hydrogens (primary N) is 1. The van der Waals surface area contributed by atoms with Crippen molar-refractivity contribution < 1.29 is 4.39 Å². The standard InChI is InChI=1S/C22H23FN8/c1-13-18(12-26-28-22(13)24)17-7-14-9-20(25-11-15(14)8-19(17)23)27-21-10-16-3-4-30(2)5-6-31(16)29-21/h7-12H,3-6H2,1-2H3,(H2,24,28)(H,25,27,29). The predicted octanol–water partition coefficient (Wildman–Crippen LogP) is 3.15. The maximum atomic E-state index is 14.8. The number of hydrogen-bond acceptors (Lipinski definition) is 7. The lowest BCUT2D eigenvalue weighted by Crippen LogP contribution is -2.21. The van der Waals surface area contributed by atoms with Gasteiger partial charge in [-0.3, -0.25) is 4.68 Å². The fourth-order valence-corrected chi connectivity index (χ4v) is 3.90. The van der Waals surface area contributed by atoms with Gasteiger partial charge in [0.25, 0.3) is 0 Å². The topological polar surface area (TPSA) is 97.8 Å². The third-order valence-corrected chi connectivity index (χ3v) is 5.80. The van der Waals surface area contributed by atoms with Crippen LogP contribution in [0, 0.1) is 12.7 Å². The molecule has 8 nitrogen and oxygen atoms in total. The number of benzene rings is 1. The van der Waals surface area contributed by atoms with Crippen molar-refractivity contribution in [2.45, 2.75) is 19.9 Å². The number of aromatic nitrogens is 5. The van der Waals surface area contributed by atoms with E-state index in [-0.39, 0.29) is 5.82 Å². The molecule has 1 aliphatic heterocycles. The number of nitrogens with one attached hydrogen (secondary N) is 1. The highest BCUT2D eigenvalue weighted by Gasteiger charge is 2.15. The van der Waals surface area contributed by atoms with E-state index in [4.69, 9.17) is 5.73 Å². The highest BCUT2D eigenvalue weighted by atomic mass is 19.1. The lowest BCUT2D eigenvalue weighted by molar-refractivity contribution is 0.337. The largest absolute Gasteiger partial charge is 0.382 e. The van der Waals surface area contributed by atoms with Gasteiger partial charge < -0.3 is 16.0 Å². The Balaban J connectivity index is 1.48.